The highest BCUT2D eigenvalue weighted by atomic mass is 19.4. The van der Waals surface area contributed by atoms with Gasteiger partial charge in [0, 0.05) is 6.42 Å². The van der Waals surface area contributed by atoms with Crippen LogP contribution in [0.15, 0.2) is 9.95 Å². The SMILES string of the molecule is Nc1nc(N)c(C/C(=N\O)C(F)(F)F)c(=O)[nH]1. The Morgan fingerprint density at radius 1 is 1.47 bits per heavy atom. The van der Waals surface area contributed by atoms with E-state index in [1.807, 2.05) is 4.98 Å². The molecule has 0 aliphatic heterocycles. The lowest BCUT2D eigenvalue weighted by Crippen LogP contribution is -2.29. The van der Waals surface area contributed by atoms with Crippen LogP contribution in [-0.4, -0.2) is 27.1 Å². The molecule has 0 fully saturated rings. The molecule has 0 saturated carbocycles. The molecule has 0 spiro atoms. The summed E-state index contributed by atoms with van der Waals surface area (Å²) in [6.07, 6.45) is -5.86. The number of nitrogens with one attached hydrogen (secondary N) is 1. The van der Waals surface area contributed by atoms with Gasteiger partial charge in [-0.2, -0.15) is 18.2 Å². The normalized spacial score (nSPS) is 12.8. The minimum atomic E-state index is -4.87. The molecule has 0 radical (unpaired) electrons. The predicted molar refractivity (Wildman–Crippen MR) is 52.7 cm³/mol. The van der Waals surface area contributed by atoms with Crippen LogP contribution in [0.2, 0.25) is 0 Å². The third-order valence-corrected chi connectivity index (χ3v) is 1.86. The minimum Gasteiger partial charge on any atom is -0.411 e. The summed E-state index contributed by atoms with van der Waals surface area (Å²) >= 11 is 0. The molecule has 17 heavy (non-hydrogen) atoms. The first-order valence-electron chi connectivity index (χ1n) is 4.18. The third-order valence-electron chi connectivity index (χ3n) is 1.86. The number of nitrogen functional groups attached to an aromatic ring is 2. The van der Waals surface area contributed by atoms with Gasteiger partial charge in [-0.15, -0.1) is 0 Å². The van der Waals surface area contributed by atoms with Gasteiger partial charge in [-0.1, -0.05) is 5.16 Å². The van der Waals surface area contributed by atoms with E-state index in [-0.39, 0.29) is 5.95 Å². The summed E-state index contributed by atoms with van der Waals surface area (Å²) in [7, 11) is 0. The topological polar surface area (TPSA) is 130 Å². The van der Waals surface area contributed by atoms with Crippen molar-refractivity contribution >= 4 is 17.5 Å². The van der Waals surface area contributed by atoms with Crippen LogP contribution in [0.5, 0.6) is 0 Å². The van der Waals surface area contributed by atoms with Gasteiger partial charge in [0.05, 0.1) is 5.56 Å². The highest BCUT2D eigenvalue weighted by molar-refractivity contribution is 5.91. The fourth-order valence-corrected chi connectivity index (χ4v) is 1.06. The standard InChI is InChI=1S/C7H8F3N5O2/c8-7(9,10)3(15-17)1-2-4(11)13-6(12)14-5(2)16/h17H,1H2,(H5,11,12,13,14,16)/b15-3+. The van der Waals surface area contributed by atoms with Gasteiger partial charge in [-0.25, -0.2) is 0 Å². The molecule has 0 aliphatic carbocycles. The van der Waals surface area contributed by atoms with Crippen LogP contribution in [0, 0.1) is 0 Å². The molecule has 0 amide bonds. The Morgan fingerprint density at radius 3 is 2.47 bits per heavy atom. The van der Waals surface area contributed by atoms with Gasteiger partial charge in [-0.05, 0) is 0 Å². The predicted octanol–water partition coefficient (Wildman–Crippen LogP) is -0.131. The Morgan fingerprint density at radius 2 is 2.06 bits per heavy atom. The van der Waals surface area contributed by atoms with Gasteiger partial charge in [0.2, 0.25) is 5.95 Å². The van der Waals surface area contributed by atoms with E-state index in [0.29, 0.717) is 0 Å². The molecule has 0 unspecified atom stereocenters. The summed E-state index contributed by atoms with van der Waals surface area (Å²) in [5.41, 5.74) is 7.44. The zero-order valence-electron chi connectivity index (χ0n) is 8.25. The van der Waals surface area contributed by atoms with E-state index in [1.54, 1.807) is 0 Å². The summed E-state index contributed by atoms with van der Waals surface area (Å²) in [5, 5.41) is 10.3. The highest BCUT2D eigenvalue weighted by Crippen LogP contribution is 2.20. The number of nitrogens with two attached hydrogens (primary N) is 2. The molecule has 94 valence electrons. The highest BCUT2D eigenvalue weighted by Gasteiger charge is 2.37. The minimum absolute atomic E-state index is 0.314. The quantitative estimate of drug-likeness (QED) is 0.330. The van der Waals surface area contributed by atoms with E-state index in [9.17, 15) is 18.0 Å². The molecule has 1 aromatic rings. The van der Waals surface area contributed by atoms with Crippen LogP contribution in [0.3, 0.4) is 0 Å². The molecule has 0 bridgehead atoms. The van der Waals surface area contributed by atoms with Crippen molar-refractivity contribution in [1.82, 2.24) is 9.97 Å². The molecular weight excluding hydrogens is 243 g/mol. The van der Waals surface area contributed by atoms with E-state index in [4.69, 9.17) is 16.7 Å². The first kappa shape index (κ1) is 12.8. The van der Waals surface area contributed by atoms with Crippen LogP contribution in [0.25, 0.3) is 0 Å². The number of H-pyrrole nitrogens is 1. The number of halogens is 3. The average Bonchev–Trinajstić information content (AvgIpc) is 2.14. The molecule has 7 nitrogen and oxygen atoms in total. The molecule has 6 N–H and O–H groups in total. The Hall–Kier alpha value is -2.26. The summed E-state index contributed by atoms with van der Waals surface area (Å²) in [6.45, 7) is 0. The van der Waals surface area contributed by atoms with E-state index in [0.717, 1.165) is 0 Å². The maximum absolute atomic E-state index is 12.3. The molecule has 1 heterocycles. The van der Waals surface area contributed by atoms with E-state index in [1.165, 1.54) is 0 Å². The number of alkyl halides is 3. The van der Waals surface area contributed by atoms with Crippen LogP contribution < -0.4 is 17.0 Å². The molecule has 1 rings (SSSR count). The Labute approximate surface area is 91.9 Å². The maximum Gasteiger partial charge on any atom is 0.433 e. The molecule has 10 heteroatoms. The number of aromatic nitrogens is 2. The average molecular weight is 251 g/mol. The molecule has 1 aromatic heterocycles. The van der Waals surface area contributed by atoms with Crippen molar-refractivity contribution in [3.63, 3.8) is 0 Å². The Kier molecular flexibility index (Phi) is 3.25. The first-order valence-corrected chi connectivity index (χ1v) is 4.18. The monoisotopic (exact) mass is 251 g/mol. The van der Waals surface area contributed by atoms with Crippen molar-refractivity contribution in [2.75, 3.05) is 11.5 Å². The van der Waals surface area contributed by atoms with Crippen LogP contribution in [0.1, 0.15) is 5.56 Å². The summed E-state index contributed by atoms with van der Waals surface area (Å²) in [5.74, 6) is -0.762. The lowest BCUT2D eigenvalue weighted by atomic mass is 10.1. The number of nitrogens with zero attached hydrogens (tertiary/aromatic N) is 2. The van der Waals surface area contributed by atoms with Crippen molar-refractivity contribution in [1.29, 1.82) is 0 Å². The number of aromatic amines is 1. The zero-order valence-corrected chi connectivity index (χ0v) is 8.25. The number of hydrogen-bond acceptors (Lipinski definition) is 6. The molecule has 0 aliphatic rings. The lowest BCUT2D eigenvalue weighted by Gasteiger charge is -2.09. The Balaban J connectivity index is 3.17. The molecule has 0 aromatic carbocycles. The van der Waals surface area contributed by atoms with Gasteiger partial charge in [0.1, 0.15) is 5.82 Å². The first-order chi connectivity index (χ1) is 7.75. The maximum atomic E-state index is 12.3. The summed E-state index contributed by atoms with van der Waals surface area (Å²) in [4.78, 5) is 16.7. The number of oxime groups is 1. The van der Waals surface area contributed by atoms with Crippen LogP contribution in [-0.2, 0) is 6.42 Å². The summed E-state index contributed by atoms with van der Waals surface area (Å²) in [6, 6.07) is 0. The van der Waals surface area contributed by atoms with Crippen molar-refractivity contribution in [2.45, 2.75) is 12.6 Å². The van der Waals surface area contributed by atoms with Crippen molar-refractivity contribution < 1.29 is 18.4 Å². The number of rotatable bonds is 2. The van der Waals surface area contributed by atoms with E-state index < -0.39 is 35.2 Å². The van der Waals surface area contributed by atoms with Crippen molar-refractivity contribution in [3.05, 3.63) is 15.9 Å². The van der Waals surface area contributed by atoms with Gasteiger partial charge in [0.25, 0.3) is 5.56 Å². The van der Waals surface area contributed by atoms with Gasteiger partial charge in [0.15, 0.2) is 5.71 Å². The summed E-state index contributed by atoms with van der Waals surface area (Å²) < 4.78 is 36.8. The number of anilines is 2. The van der Waals surface area contributed by atoms with Gasteiger partial charge in [-0.3, -0.25) is 9.78 Å². The van der Waals surface area contributed by atoms with Gasteiger partial charge >= 0.3 is 6.18 Å². The fourth-order valence-electron chi connectivity index (χ4n) is 1.06. The van der Waals surface area contributed by atoms with E-state index >= 15 is 0 Å². The van der Waals surface area contributed by atoms with E-state index in [2.05, 4.69) is 10.1 Å². The third kappa shape index (κ3) is 2.86. The molecule has 0 saturated heterocycles. The van der Waals surface area contributed by atoms with Crippen LogP contribution in [0.4, 0.5) is 24.9 Å². The largest absolute Gasteiger partial charge is 0.433 e. The smallest absolute Gasteiger partial charge is 0.411 e. The van der Waals surface area contributed by atoms with Crippen LogP contribution >= 0.6 is 0 Å². The second-order valence-corrected chi connectivity index (χ2v) is 3.04. The lowest BCUT2D eigenvalue weighted by molar-refractivity contribution is -0.0622. The second-order valence-electron chi connectivity index (χ2n) is 3.04. The zero-order chi connectivity index (χ0) is 13.2. The molecule has 0 atom stereocenters. The molecular formula is C7H8F3N5O2. The van der Waals surface area contributed by atoms with Crippen molar-refractivity contribution in [3.8, 4) is 0 Å². The second kappa shape index (κ2) is 4.31. The Bertz CT molecular complexity index is 507. The van der Waals surface area contributed by atoms with Gasteiger partial charge < -0.3 is 16.7 Å². The van der Waals surface area contributed by atoms with Crippen molar-refractivity contribution in [2.24, 2.45) is 5.16 Å². The fraction of sp³-hybridized carbons (Fsp3) is 0.286. The number of hydrogen-bond donors (Lipinski definition) is 4.